The summed E-state index contributed by atoms with van der Waals surface area (Å²) in [5.41, 5.74) is -0.289. The quantitative estimate of drug-likeness (QED) is 0.854. The molecular weight excluding hydrogens is 242 g/mol. The van der Waals surface area contributed by atoms with Gasteiger partial charge in [-0.1, -0.05) is 19.8 Å². The van der Waals surface area contributed by atoms with E-state index in [9.17, 15) is 5.11 Å². The van der Waals surface area contributed by atoms with Crippen molar-refractivity contribution >= 4 is 5.95 Å². The van der Waals surface area contributed by atoms with Crippen molar-refractivity contribution in [3.63, 3.8) is 0 Å². The van der Waals surface area contributed by atoms with Gasteiger partial charge in [-0.25, -0.2) is 4.98 Å². The predicted molar refractivity (Wildman–Crippen MR) is 74.3 cm³/mol. The maximum Gasteiger partial charge on any atom is 0.226 e. The fraction of sp³-hybridized carbons (Fsp3) is 0.714. The van der Waals surface area contributed by atoms with Gasteiger partial charge in [-0.15, -0.1) is 0 Å². The number of hydrogen-bond donors (Lipinski definition) is 2. The SMILES string of the molecule is CCOc1ccnc(NC2(CO)CCCC(C)C2)n1. The average molecular weight is 265 g/mol. The lowest BCUT2D eigenvalue weighted by Crippen LogP contribution is -2.46. The van der Waals surface area contributed by atoms with Gasteiger partial charge in [0.05, 0.1) is 18.8 Å². The number of aliphatic hydroxyl groups is 1. The van der Waals surface area contributed by atoms with Crippen LogP contribution in [0.25, 0.3) is 0 Å². The summed E-state index contributed by atoms with van der Waals surface area (Å²) in [7, 11) is 0. The fourth-order valence-corrected chi connectivity index (χ4v) is 2.82. The number of nitrogens with zero attached hydrogens (tertiary/aromatic N) is 2. The van der Waals surface area contributed by atoms with E-state index < -0.39 is 0 Å². The van der Waals surface area contributed by atoms with Crippen LogP contribution in [0.5, 0.6) is 5.88 Å². The minimum absolute atomic E-state index is 0.111. The molecule has 0 aromatic carbocycles. The molecule has 1 aliphatic rings. The molecule has 1 heterocycles. The Morgan fingerprint density at radius 2 is 2.42 bits per heavy atom. The molecule has 5 heteroatoms. The highest BCUT2D eigenvalue weighted by atomic mass is 16.5. The summed E-state index contributed by atoms with van der Waals surface area (Å²) in [6.07, 6.45) is 5.93. The average Bonchev–Trinajstić information content (AvgIpc) is 2.39. The first-order valence-electron chi connectivity index (χ1n) is 7.02. The van der Waals surface area contributed by atoms with E-state index >= 15 is 0 Å². The zero-order valence-electron chi connectivity index (χ0n) is 11.7. The second kappa shape index (κ2) is 6.19. The molecule has 106 valence electrons. The van der Waals surface area contributed by atoms with Gasteiger partial charge in [0.2, 0.25) is 11.8 Å². The first-order valence-corrected chi connectivity index (χ1v) is 7.02. The lowest BCUT2D eigenvalue weighted by atomic mass is 9.77. The molecule has 1 aromatic heterocycles. The van der Waals surface area contributed by atoms with E-state index in [0.29, 0.717) is 24.4 Å². The summed E-state index contributed by atoms with van der Waals surface area (Å²) in [6.45, 7) is 4.84. The third-order valence-corrected chi connectivity index (χ3v) is 3.69. The summed E-state index contributed by atoms with van der Waals surface area (Å²) >= 11 is 0. The normalized spacial score (nSPS) is 27.0. The van der Waals surface area contributed by atoms with Crippen LogP contribution in [0.15, 0.2) is 12.3 Å². The van der Waals surface area contributed by atoms with E-state index in [-0.39, 0.29) is 12.1 Å². The lowest BCUT2D eigenvalue weighted by Gasteiger charge is -2.39. The zero-order chi connectivity index (χ0) is 13.7. The van der Waals surface area contributed by atoms with Crippen LogP contribution in [0.4, 0.5) is 5.95 Å². The molecule has 1 aliphatic carbocycles. The highest BCUT2D eigenvalue weighted by molar-refractivity contribution is 5.32. The maximum atomic E-state index is 9.74. The monoisotopic (exact) mass is 265 g/mol. The third-order valence-electron chi connectivity index (χ3n) is 3.69. The molecular formula is C14H23N3O2. The molecule has 0 spiro atoms. The largest absolute Gasteiger partial charge is 0.478 e. The van der Waals surface area contributed by atoms with Crippen LogP contribution >= 0.6 is 0 Å². The molecule has 2 unspecified atom stereocenters. The van der Waals surface area contributed by atoms with Gasteiger partial charge < -0.3 is 15.2 Å². The van der Waals surface area contributed by atoms with Crippen molar-refractivity contribution in [3.8, 4) is 5.88 Å². The van der Waals surface area contributed by atoms with E-state index in [1.54, 1.807) is 12.3 Å². The minimum Gasteiger partial charge on any atom is -0.478 e. The van der Waals surface area contributed by atoms with Gasteiger partial charge in [0.25, 0.3) is 0 Å². The van der Waals surface area contributed by atoms with Gasteiger partial charge in [-0.2, -0.15) is 4.98 Å². The number of ether oxygens (including phenoxy) is 1. The molecule has 1 fully saturated rings. The molecule has 0 bridgehead atoms. The minimum atomic E-state index is -0.289. The molecule has 2 rings (SSSR count). The van der Waals surface area contributed by atoms with Crippen molar-refractivity contribution in [3.05, 3.63) is 12.3 Å². The first-order chi connectivity index (χ1) is 9.17. The lowest BCUT2D eigenvalue weighted by molar-refractivity contribution is 0.149. The van der Waals surface area contributed by atoms with Crippen LogP contribution in [0, 0.1) is 5.92 Å². The zero-order valence-corrected chi connectivity index (χ0v) is 11.7. The number of hydrogen-bond acceptors (Lipinski definition) is 5. The Kier molecular flexibility index (Phi) is 4.58. The van der Waals surface area contributed by atoms with E-state index in [0.717, 1.165) is 19.3 Å². The van der Waals surface area contributed by atoms with E-state index in [4.69, 9.17) is 4.74 Å². The van der Waals surface area contributed by atoms with Crippen LogP contribution in [0.2, 0.25) is 0 Å². The molecule has 5 nitrogen and oxygen atoms in total. The predicted octanol–water partition coefficient (Wildman–Crippen LogP) is 2.23. The highest BCUT2D eigenvalue weighted by Crippen LogP contribution is 2.34. The van der Waals surface area contributed by atoms with E-state index in [1.165, 1.54) is 6.42 Å². The molecule has 0 aliphatic heterocycles. The van der Waals surface area contributed by atoms with Crippen LogP contribution in [0.3, 0.4) is 0 Å². The van der Waals surface area contributed by atoms with Crippen LogP contribution in [-0.2, 0) is 0 Å². The molecule has 2 atom stereocenters. The van der Waals surface area contributed by atoms with E-state index in [2.05, 4.69) is 22.2 Å². The number of aromatic nitrogens is 2. The van der Waals surface area contributed by atoms with Gasteiger partial charge in [-0.05, 0) is 25.7 Å². The van der Waals surface area contributed by atoms with Gasteiger partial charge in [0, 0.05) is 12.3 Å². The fourth-order valence-electron chi connectivity index (χ4n) is 2.82. The maximum absolute atomic E-state index is 9.74. The van der Waals surface area contributed by atoms with Crippen molar-refractivity contribution in [1.82, 2.24) is 9.97 Å². The van der Waals surface area contributed by atoms with Crippen molar-refractivity contribution in [2.75, 3.05) is 18.5 Å². The van der Waals surface area contributed by atoms with Crippen molar-refractivity contribution in [1.29, 1.82) is 0 Å². The summed E-state index contributed by atoms with van der Waals surface area (Å²) < 4.78 is 5.37. The standard InChI is InChI=1S/C14H23N3O2/c1-3-19-12-6-8-15-13(16-12)17-14(10-18)7-4-5-11(2)9-14/h6,8,11,18H,3-5,7,9-10H2,1-2H3,(H,15,16,17). The van der Waals surface area contributed by atoms with Crippen LogP contribution in [0.1, 0.15) is 39.5 Å². The number of anilines is 1. The van der Waals surface area contributed by atoms with Gasteiger partial charge in [0.15, 0.2) is 0 Å². The number of aliphatic hydroxyl groups excluding tert-OH is 1. The van der Waals surface area contributed by atoms with Crippen molar-refractivity contribution in [2.45, 2.75) is 45.1 Å². The summed E-state index contributed by atoms with van der Waals surface area (Å²) in [4.78, 5) is 8.54. The molecule has 0 radical (unpaired) electrons. The van der Waals surface area contributed by atoms with Crippen molar-refractivity contribution < 1.29 is 9.84 Å². The number of nitrogens with one attached hydrogen (secondary N) is 1. The Hall–Kier alpha value is -1.36. The Bertz CT molecular complexity index is 413. The van der Waals surface area contributed by atoms with Crippen LogP contribution in [-0.4, -0.2) is 33.8 Å². The first kappa shape index (κ1) is 14.1. The van der Waals surface area contributed by atoms with Crippen LogP contribution < -0.4 is 10.1 Å². The second-order valence-electron chi connectivity index (χ2n) is 5.42. The second-order valence-corrected chi connectivity index (χ2v) is 5.42. The third kappa shape index (κ3) is 3.56. The smallest absolute Gasteiger partial charge is 0.226 e. The Balaban J connectivity index is 2.11. The van der Waals surface area contributed by atoms with Gasteiger partial charge in [0.1, 0.15) is 0 Å². The van der Waals surface area contributed by atoms with Gasteiger partial charge in [-0.3, -0.25) is 0 Å². The molecule has 1 saturated carbocycles. The number of rotatable bonds is 5. The van der Waals surface area contributed by atoms with Gasteiger partial charge >= 0.3 is 0 Å². The summed E-state index contributed by atoms with van der Waals surface area (Å²) in [5.74, 6) is 1.72. The molecule has 0 saturated heterocycles. The Labute approximate surface area is 114 Å². The topological polar surface area (TPSA) is 67.3 Å². The summed E-state index contributed by atoms with van der Waals surface area (Å²) in [6, 6.07) is 1.74. The molecule has 2 N–H and O–H groups in total. The molecule has 0 amide bonds. The van der Waals surface area contributed by atoms with E-state index in [1.807, 2.05) is 6.92 Å². The molecule has 19 heavy (non-hydrogen) atoms. The molecule has 1 aromatic rings. The highest BCUT2D eigenvalue weighted by Gasteiger charge is 2.35. The summed E-state index contributed by atoms with van der Waals surface area (Å²) in [5, 5.41) is 13.1. The Morgan fingerprint density at radius 3 is 3.11 bits per heavy atom. The van der Waals surface area contributed by atoms with Crippen molar-refractivity contribution in [2.24, 2.45) is 5.92 Å². The Morgan fingerprint density at radius 1 is 1.58 bits per heavy atom.